The van der Waals surface area contributed by atoms with E-state index in [1.54, 1.807) is 0 Å². The Kier molecular flexibility index (Phi) is 5.14. The van der Waals surface area contributed by atoms with E-state index in [1.807, 2.05) is 0 Å². The first-order valence-corrected chi connectivity index (χ1v) is 7.53. The Bertz CT molecular complexity index is 368. The molecule has 1 saturated carbocycles. The van der Waals surface area contributed by atoms with E-state index in [0.717, 1.165) is 0 Å². The average molecular weight is 308 g/mol. The van der Waals surface area contributed by atoms with E-state index in [4.69, 9.17) is 10.5 Å². The third kappa shape index (κ3) is 4.10. The Morgan fingerprint density at radius 2 is 1.95 bits per heavy atom. The third-order valence-electron chi connectivity index (χ3n) is 4.74. The number of alkyl halides is 3. The van der Waals surface area contributed by atoms with Gasteiger partial charge in [0.15, 0.2) is 0 Å². The minimum absolute atomic E-state index is 0.105. The van der Waals surface area contributed by atoms with Crippen molar-refractivity contribution in [1.82, 2.24) is 5.32 Å². The standard InChI is InChI=1S/C14H23F3N2O2/c15-14(16,17)11-3-1-2-10(8-11)12(20)19-13(9-18)4-6-21-7-5-13/h10-11H,1-9,18H2,(H,19,20). The fourth-order valence-corrected chi connectivity index (χ4v) is 3.23. The Morgan fingerprint density at radius 1 is 1.29 bits per heavy atom. The number of nitrogens with one attached hydrogen (secondary N) is 1. The van der Waals surface area contributed by atoms with Crippen LogP contribution in [0.4, 0.5) is 13.2 Å². The van der Waals surface area contributed by atoms with E-state index >= 15 is 0 Å². The molecule has 2 fully saturated rings. The Hall–Kier alpha value is -0.820. The molecule has 0 bridgehead atoms. The van der Waals surface area contributed by atoms with E-state index in [2.05, 4.69) is 5.32 Å². The highest BCUT2D eigenvalue weighted by Crippen LogP contribution is 2.40. The summed E-state index contributed by atoms with van der Waals surface area (Å²) in [6.45, 7) is 1.33. The van der Waals surface area contributed by atoms with E-state index in [9.17, 15) is 18.0 Å². The number of amides is 1. The molecule has 7 heteroatoms. The van der Waals surface area contributed by atoms with Crippen LogP contribution < -0.4 is 11.1 Å². The molecule has 0 aromatic carbocycles. The maximum atomic E-state index is 12.8. The highest BCUT2D eigenvalue weighted by atomic mass is 19.4. The van der Waals surface area contributed by atoms with Crippen LogP contribution in [0, 0.1) is 11.8 Å². The van der Waals surface area contributed by atoms with Gasteiger partial charge in [0, 0.05) is 25.7 Å². The van der Waals surface area contributed by atoms with Crippen molar-refractivity contribution in [3.8, 4) is 0 Å². The summed E-state index contributed by atoms with van der Waals surface area (Å²) in [6, 6.07) is 0. The van der Waals surface area contributed by atoms with Crippen LogP contribution in [-0.2, 0) is 9.53 Å². The van der Waals surface area contributed by atoms with Gasteiger partial charge in [-0.15, -0.1) is 0 Å². The predicted octanol–water partition coefficient (Wildman–Crippen LogP) is 1.98. The number of ether oxygens (including phenoxy) is 1. The summed E-state index contributed by atoms with van der Waals surface area (Å²) in [7, 11) is 0. The van der Waals surface area contributed by atoms with Crippen LogP contribution >= 0.6 is 0 Å². The molecule has 3 N–H and O–H groups in total. The molecule has 21 heavy (non-hydrogen) atoms. The van der Waals surface area contributed by atoms with E-state index in [0.29, 0.717) is 38.9 Å². The van der Waals surface area contributed by atoms with Crippen molar-refractivity contribution in [2.75, 3.05) is 19.8 Å². The highest BCUT2D eigenvalue weighted by Gasteiger charge is 2.44. The molecular weight excluding hydrogens is 285 g/mol. The molecule has 1 aliphatic carbocycles. The molecule has 1 saturated heterocycles. The molecule has 2 atom stereocenters. The van der Waals surface area contributed by atoms with Crippen LogP contribution in [0.15, 0.2) is 0 Å². The maximum Gasteiger partial charge on any atom is 0.391 e. The summed E-state index contributed by atoms with van der Waals surface area (Å²) in [5.74, 6) is -2.20. The zero-order valence-electron chi connectivity index (χ0n) is 12.0. The molecule has 0 radical (unpaired) electrons. The molecule has 2 aliphatic rings. The molecule has 1 amide bonds. The largest absolute Gasteiger partial charge is 0.391 e. The molecule has 2 rings (SSSR count). The second-order valence-corrected chi connectivity index (χ2v) is 6.19. The minimum Gasteiger partial charge on any atom is -0.381 e. The van der Waals surface area contributed by atoms with Crippen LogP contribution in [0.3, 0.4) is 0 Å². The highest BCUT2D eigenvalue weighted by molar-refractivity contribution is 5.79. The van der Waals surface area contributed by atoms with E-state index in [1.165, 1.54) is 0 Å². The first-order valence-electron chi connectivity index (χ1n) is 7.53. The van der Waals surface area contributed by atoms with Crippen LogP contribution in [0.2, 0.25) is 0 Å². The molecule has 1 heterocycles. The Labute approximate surface area is 122 Å². The lowest BCUT2D eigenvalue weighted by atomic mass is 9.79. The van der Waals surface area contributed by atoms with Gasteiger partial charge in [-0.2, -0.15) is 13.2 Å². The molecule has 0 spiro atoms. The lowest BCUT2D eigenvalue weighted by Crippen LogP contribution is -2.58. The fraction of sp³-hybridized carbons (Fsp3) is 0.929. The molecule has 2 unspecified atom stereocenters. The van der Waals surface area contributed by atoms with Crippen molar-refractivity contribution < 1.29 is 22.7 Å². The molecule has 1 aliphatic heterocycles. The third-order valence-corrected chi connectivity index (χ3v) is 4.74. The number of hydrogen-bond acceptors (Lipinski definition) is 3. The lowest BCUT2D eigenvalue weighted by Gasteiger charge is -2.39. The van der Waals surface area contributed by atoms with Gasteiger partial charge in [0.2, 0.25) is 5.91 Å². The van der Waals surface area contributed by atoms with Crippen LogP contribution in [0.5, 0.6) is 0 Å². The SMILES string of the molecule is NCC1(NC(=O)C2CCCC(C(F)(F)F)C2)CCOCC1. The van der Waals surface area contributed by atoms with Crippen LogP contribution in [-0.4, -0.2) is 37.4 Å². The number of nitrogens with two attached hydrogens (primary N) is 1. The first-order chi connectivity index (χ1) is 9.86. The fourth-order valence-electron chi connectivity index (χ4n) is 3.23. The quantitative estimate of drug-likeness (QED) is 0.838. The monoisotopic (exact) mass is 308 g/mol. The first kappa shape index (κ1) is 16.5. The van der Waals surface area contributed by atoms with Crippen molar-refractivity contribution in [2.45, 2.75) is 50.2 Å². The number of hydrogen-bond donors (Lipinski definition) is 2. The van der Waals surface area contributed by atoms with Crippen LogP contribution in [0.25, 0.3) is 0 Å². The lowest BCUT2D eigenvalue weighted by molar-refractivity contribution is -0.186. The van der Waals surface area contributed by atoms with E-state index < -0.39 is 23.6 Å². The van der Waals surface area contributed by atoms with Gasteiger partial charge in [-0.05, 0) is 32.1 Å². The zero-order chi connectivity index (χ0) is 15.5. The molecule has 0 aromatic rings. The van der Waals surface area contributed by atoms with Crippen molar-refractivity contribution in [3.05, 3.63) is 0 Å². The second kappa shape index (κ2) is 6.52. The van der Waals surface area contributed by atoms with Gasteiger partial charge >= 0.3 is 6.18 Å². The molecule has 122 valence electrons. The summed E-state index contributed by atoms with van der Waals surface area (Å²) in [6.07, 6.45) is -1.98. The minimum atomic E-state index is -4.21. The van der Waals surface area contributed by atoms with Crippen LogP contribution in [0.1, 0.15) is 38.5 Å². The van der Waals surface area contributed by atoms with Gasteiger partial charge in [0.05, 0.1) is 11.5 Å². The van der Waals surface area contributed by atoms with Crippen molar-refractivity contribution >= 4 is 5.91 Å². The van der Waals surface area contributed by atoms with Gasteiger partial charge in [0.25, 0.3) is 0 Å². The summed E-state index contributed by atoms with van der Waals surface area (Å²) in [5.41, 5.74) is 5.25. The predicted molar refractivity (Wildman–Crippen MR) is 71.5 cm³/mol. The summed E-state index contributed by atoms with van der Waals surface area (Å²) in [5, 5.41) is 2.91. The van der Waals surface area contributed by atoms with E-state index in [-0.39, 0.29) is 25.3 Å². The second-order valence-electron chi connectivity index (χ2n) is 6.19. The van der Waals surface area contributed by atoms with Gasteiger partial charge in [-0.3, -0.25) is 4.79 Å². The number of carbonyl (C=O) groups is 1. The van der Waals surface area contributed by atoms with Crippen molar-refractivity contribution in [1.29, 1.82) is 0 Å². The maximum absolute atomic E-state index is 12.8. The Balaban J connectivity index is 1.96. The van der Waals surface area contributed by atoms with Crippen molar-refractivity contribution in [2.24, 2.45) is 17.6 Å². The number of rotatable bonds is 3. The van der Waals surface area contributed by atoms with Crippen molar-refractivity contribution in [3.63, 3.8) is 0 Å². The number of carbonyl (C=O) groups excluding carboxylic acids is 1. The zero-order valence-corrected chi connectivity index (χ0v) is 12.0. The number of halogens is 3. The summed E-state index contributed by atoms with van der Waals surface area (Å²) < 4.78 is 43.7. The van der Waals surface area contributed by atoms with Gasteiger partial charge in [-0.25, -0.2) is 0 Å². The van der Waals surface area contributed by atoms with Gasteiger partial charge in [-0.1, -0.05) is 6.42 Å². The summed E-state index contributed by atoms with van der Waals surface area (Å²) in [4.78, 5) is 12.3. The van der Waals surface area contributed by atoms with Gasteiger partial charge in [0.1, 0.15) is 0 Å². The smallest absolute Gasteiger partial charge is 0.381 e. The molecule has 0 aromatic heterocycles. The molecule has 4 nitrogen and oxygen atoms in total. The average Bonchev–Trinajstić information content (AvgIpc) is 2.47. The Morgan fingerprint density at radius 3 is 2.52 bits per heavy atom. The van der Waals surface area contributed by atoms with Gasteiger partial charge < -0.3 is 15.8 Å². The normalized spacial score (nSPS) is 29.9. The topological polar surface area (TPSA) is 64.3 Å². The summed E-state index contributed by atoms with van der Waals surface area (Å²) >= 11 is 0. The molecular formula is C14H23F3N2O2.